The van der Waals surface area contributed by atoms with Crippen LogP contribution in [0.15, 0.2) is 119 Å². The Morgan fingerprint density at radius 1 is 0.641 bits per heavy atom. The third-order valence-electron chi connectivity index (χ3n) is 8.17. The normalized spacial score (nSPS) is 18.5. The van der Waals surface area contributed by atoms with Crippen LogP contribution in [0.1, 0.15) is 36.1 Å². The zero-order valence-electron chi connectivity index (χ0n) is 22.6. The molecule has 192 valence electrons. The van der Waals surface area contributed by atoms with Crippen LogP contribution < -0.4 is 20.8 Å². The van der Waals surface area contributed by atoms with E-state index in [0.717, 1.165) is 0 Å². The Balaban J connectivity index is 1.46. The monoisotopic (exact) mass is 559 g/mol. The molecule has 0 saturated carbocycles. The van der Waals surface area contributed by atoms with Crippen LogP contribution in [0, 0.1) is 13.8 Å². The molecule has 2 aliphatic rings. The highest BCUT2D eigenvalue weighted by molar-refractivity contribution is 8.26. The van der Waals surface area contributed by atoms with E-state index in [2.05, 4.69) is 142 Å². The van der Waals surface area contributed by atoms with Crippen molar-refractivity contribution < 1.29 is 0 Å². The van der Waals surface area contributed by atoms with E-state index in [1.165, 1.54) is 65.0 Å². The van der Waals surface area contributed by atoms with Crippen LogP contribution >= 0.6 is 17.8 Å². The number of para-hydroxylation sites is 2. The van der Waals surface area contributed by atoms with Crippen molar-refractivity contribution in [1.82, 2.24) is 0 Å². The van der Waals surface area contributed by atoms with E-state index < -0.39 is 6.04 Å². The Bertz CT molecular complexity index is 1770. The topological polar surface area (TPSA) is 3.24 Å². The first-order chi connectivity index (χ1) is 18.8. The molecule has 0 bridgehead atoms. The first-order valence-electron chi connectivity index (χ1n) is 13.4. The zero-order chi connectivity index (χ0) is 26.9. The fraction of sp³-hybridized carbons (Fsp3) is 0.143. The van der Waals surface area contributed by atoms with Gasteiger partial charge in [0.25, 0.3) is 0 Å². The summed E-state index contributed by atoms with van der Waals surface area (Å²) in [4.78, 5) is 5.00. The molecule has 7 rings (SSSR count). The average Bonchev–Trinajstić information content (AvgIpc) is 2.93. The Hall–Kier alpha value is -3.10. The lowest BCUT2D eigenvalue weighted by Crippen LogP contribution is -2.32. The standard InChI is InChI=1S/C35H30NPS2/c1-23-19-24(2)21-26(20-23)37(38)31-15-9-10-16-33(31)39-34-22-25(17-18-32(34)37)36-29-13-7-5-11-27(29)35(3,4)28-12-6-8-14-30(28)36/h5-22H,1-4H3. The van der Waals surface area contributed by atoms with Gasteiger partial charge in [-0.3, -0.25) is 0 Å². The second-order valence-electron chi connectivity index (χ2n) is 11.2. The largest absolute Gasteiger partial charge is 0.310 e. The van der Waals surface area contributed by atoms with Gasteiger partial charge in [0.15, 0.2) is 0 Å². The first kappa shape index (κ1) is 24.9. The number of anilines is 3. The van der Waals surface area contributed by atoms with Gasteiger partial charge >= 0.3 is 0 Å². The minimum absolute atomic E-state index is 0.0735. The molecule has 1 nitrogen and oxygen atoms in total. The molecule has 4 heteroatoms. The van der Waals surface area contributed by atoms with E-state index in [9.17, 15) is 0 Å². The summed E-state index contributed by atoms with van der Waals surface area (Å²) in [6, 6.07) is 38.1. The molecule has 0 spiro atoms. The van der Waals surface area contributed by atoms with E-state index in [1.807, 2.05) is 11.8 Å². The molecule has 1 atom stereocenters. The van der Waals surface area contributed by atoms with Crippen molar-refractivity contribution in [1.29, 1.82) is 0 Å². The van der Waals surface area contributed by atoms with Gasteiger partial charge in [0.05, 0.1) is 11.4 Å². The molecular formula is C35H30NPS2. The van der Waals surface area contributed by atoms with Crippen LogP contribution in [0.5, 0.6) is 0 Å². The van der Waals surface area contributed by atoms with Crippen molar-refractivity contribution in [3.05, 3.63) is 131 Å². The molecule has 5 aromatic carbocycles. The SMILES string of the molecule is Cc1cc(C)cc(P2(=S)c3ccccc3Sc3cc(N4c5ccccc5C(C)(C)c5ccccc54)ccc32)c1. The molecule has 39 heavy (non-hydrogen) atoms. The molecule has 0 radical (unpaired) electrons. The number of nitrogens with zero attached hydrogens (tertiary/aromatic N) is 1. The highest BCUT2D eigenvalue weighted by atomic mass is 32.4. The Morgan fingerprint density at radius 3 is 1.87 bits per heavy atom. The van der Waals surface area contributed by atoms with Gasteiger partial charge in [-0.05, 0) is 66.7 Å². The molecule has 1 unspecified atom stereocenters. The lowest BCUT2D eigenvalue weighted by atomic mass is 9.73. The quantitative estimate of drug-likeness (QED) is 0.196. The summed E-state index contributed by atoms with van der Waals surface area (Å²) in [6.07, 6.45) is 0. The Labute approximate surface area is 240 Å². The molecule has 0 fully saturated rings. The van der Waals surface area contributed by atoms with Crippen molar-refractivity contribution in [3.63, 3.8) is 0 Å². The summed E-state index contributed by atoms with van der Waals surface area (Å²) >= 11 is 8.65. The molecule has 2 heterocycles. The van der Waals surface area contributed by atoms with Crippen molar-refractivity contribution >= 4 is 62.6 Å². The summed E-state index contributed by atoms with van der Waals surface area (Å²) in [5.41, 5.74) is 8.83. The van der Waals surface area contributed by atoms with Crippen LogP contribution in [-0.4, -0.2) is 0 Å². The number of rotatable bonds is 2. The highest BCUT2D eigenvalue weighted by Crippen LogP contribution is 2.55. The second kappa shape index (κ2) is 8.96. The van der Waals surface area contributed by atoms with E-state index in [1.54, 1.807) is 0 Å². The molecular weight excluding hydrogens is 530 g/mol. The molecule has 0 amide bonds. The lowest BCUT2D eigenvalue weighted by molar-refractivity contribution is 0.632. The maximum atomic E-state index is 6.79. The third-order valence-corrected chi connectivity index (χ3v) is 14.5. The van der Waals surface area contributed by atoms with E-state index in [-0.39, 0.29) is 5.41 Å². The van der Waals surface area contributed by atoms with Crippen molar-refractivity contribution in [2.75, 3.05) is 4.90 Å². The fourth-order valence-corrected chi connectivity index (χ4v) is 12.9. The number of benzene rings is 5. The van der Waals surface area contributed by atoms with Gasteiger partial charge in [-0.15, -0.1) is 0 Å². The number of aryl methyl sites for hydroxylation is 2. The molecule has 0 saturated heterocycles. The summed E-state index contributed by atoms with van der Waals surface area (Å²) in [6.45, 7) is 9.03. The van der Waals surface area contributed by atoms with Gasteiger partial charge in [0, 0.05) is 37.5 Å². The van der Waals surface area contributed by atoms with Gasteiger partial charge in [-0.25, -0.2) is 0 Å². The fourth-order valence-electron chi connectivity index (χ4n) is 6.39. The maximum Gasteiger partial charge on any atom is 0.0502 e. The van der Waals surface area contributed by atoms with E-state index in [0.29, 0.717) is 0 Å². The molecule has 0 aromatic heterocycles. The molecule has 2 aliphatic heterocycles. The van der Waals surface area contributed by atoms with Gasteiger partial charge in [0.1, 0.15) is 0 Å². The van der Waals surface area contributed by atoms with Gasteiger partial charge in [0.2, 0.25) is 0 Å². The van der Waals surface area contributed by atoms with Crippen LogP contribution in [0.3, 0.4) is 0 Å². The van der Waals surface area contributed by atoms with Gasteiger partial charge < -0.3 is 4.90 Å². The molecule has 0 aliphatic carbocycles. The average molecular weight is 560 g/mol. The summed E-state index contributed by atoms with van der Waals surface area (Å²) in [5.74, 6) is 0. The van der Waals surface area contributed by atoms with E-state index >= 15 is 0 Å². The smallest absolute Gasteiger partial charge is 0.0502 e. The van der Waals surface area contributed by atoms with Crippen LogP contribution in [0.2, 0.25) is 0 Å². The first-order valence-corrected chi connectivity index (χ1v) is 17.0. The number of hydrogen-bond donors (Lipinski definition) is 0. The van der Waals surface area contributed by atoms with Crippen molar-refractivity contribution in [2.45, 2.75) is 42.9 Å². The maximum absolute atomic E-state index is 6.79. The zero-order valence-corrected chi connectivity index (χ0v) is 25.1. The second-order valence-corrected chi connectivity index (χ2v) is 16.6. The van der Waals surface area contributed by atoms with Crippen LogP contribution in [0.4, 0.5) is 17.1 Å². The summed E-state index contributed by atoms with van der Waals surface area (Å²) in [5, 5.41) is 3.90. The predicted octanol–water partition coefficient (Wildman–Crippen LogP) is 8.63. The number of hydrogen-bond acceptors (Lipinski definition) is 3. The number of fused-ring (bicyclic) bond motifs is 4. The Morgan fingerprint density at radius 2 is 1.21 bits per heavy atom. The van der Waals surface area contributed by atoms with Gasteiger partial charge in [-0.2, -0.15) is 0 Å². The Kier molecular flexibility index (Phi) is 5.72. The van der Waals surface area contributed by atoms with Crippen molar-refractivity contribution in [3.8, 4) is 0 Å². The van der Waals surface area contributed by atoms with Gasteiger partial charge in [-0.1, -0.05) is 121 Å². The minimum atomic E-state index is -2.22. The molecule has 5 aromatic rings. The van der Waals surface area contributed by atoms with Crippen LogP contribution in [0.25, 0.3) is 0 Å². The van der Waals surface area contributed by atoms with E-state index in [4.69, 9.17) is 11.8 Å². The lowest BCUT2D eigenvalue weighted by Gasteiger charge is -2.42. The minimum Gasteiger partial charge on any atom is -0.310 e. The predicted molar refractivity (Wildman–Crippen MR) is 173 cm³/mol. The van der Waals surface area contributed by atoms with Crippen molar-refractivity contribution in [2.24, 2.45) is 0 Å². The molecule has 0 N–H and O–H groups in total. The van der Waals surface area contributed by atoms with Crippen LogP contribution in [-0.2, 0) is 17.2 Å². The summed E-state index contributed by atoms with van der Waals surface area (Å²) in [7, 11) is 0. The summed E-state index contributed by atoms with van der Waals surface area (Å²) < 4.78 is 0. The highest BCUT2D eigenvalue weighted by Gasteiger charge is 2.38. The third kappa shape index (κ3) is 3.71.